The lowest BCUT2D eigenvalue weighted by Crippen LogP contribution is -2.07. The van der Waals surface area contributed by atoms with Crippen molar-refractivity contribution in [2.24, 2.45) is 0 Å². The molecule has 0 spiro atoms. The molecule has 6 nitrogen and oxygen atoms in total. The fourth-order valence-corrected chi connectivity index (χ4v) is 2.65. The Bertz CT molecular complexity index is 758. The first-order chi connectivity index (χ1) is 11.4. The van der Waals surface area contributed by atoms with E-state index in [0.717, 1.165) is 11.8 Å². The lowest BCUT2D eigenvalue weighted by molar-refractivity contribution is -0.131. The van der Waals surface area contributed by atoms with E-state index in [-0.39, 0.29) is 16.2 Å². The Kier molecular flexibility index (Phi) is 6.28. The molecule has 8 heteroatoms. The first kappa shape index (κ1) is 18.4. The molecule has 24 heavy (non-hydrogen) atoms. The molecule has 0 bridgehead atoms. The van der Waals surface area contributed by atoms with Crippen LogP contribution in [0.3, 0.4) is 0 Å². The number of aromatic nitrogens is 2. The number of hydrogen-bond donors (Lipinski definition) is 1. The van der Waals surface area contributed by atoms with Gasteiger partial charge in [0.1, 0.15) is 10.7 Å². The minimum Gasteiger partial charge on any atom is -0.490 e. The van der Waals surface area contributed by atoms with Gasteiger partial charge in [-0.1, -0.05) is 18.5 Å². The number of thioether (sulfide) groups is 1. The Morgan fingerprint density at radius 2 is 2.21 bits per heavy atom. The second-order valence-corrected chi connectivity index (χ2v) is 6.51. The van der Waals surface area contributed by atoms with Crippen molar-refractivity contribution in [1.82, 2.24) is 10.2 Å². The zero-order valence-corrected chi connectivity index (χ0v) is 15.0. The SMILES string of the molecule is CCc1nnc(S/C(=C\c2cc(Cl)ccc2OC(C)C)C(=O)O)o1. The van der Waals surface area contributed by atoms with Gasteiger partial charge < -0.3 is 14.3 Å². The molecule has 0 aliphatic rings. The van der Waals surface area contributed by atoms with Crippen molar-refractivity contribution in [1.29, 1.82) is 0 Å². The number of ether oxygens (including phenoxy) is 1. The molecule has 0 amide bonds. The van der Waals surface area contributed by atoms with Crippen molar-refractivity contribution in [3.8, 4) is 5.75 Å². The predicted molar refractivity (Wildman–Crippen MR) is 92.4 cm³/mol. The first-order valence-corrected chi connectivity index (χ1v) is 8.50. The Morgan fingerprint density at radius 3 is 2.79 bits per heavy atom. The molecular weight excluding hydrogens is 352 g/mol. The normalized spacial score (nSPS) is 11.8. The summed E-state index contributed by atoms with van der Waals surface area (Å²) in [5, 5.41) is 17.8. The van der Waals surface area contributed by atoms with Gasteiger partial charge in [-0.25, -0.2) is 4.79 Å². The van der Waals surface area contributed by atoms with Crippen molar-refractivity contribution in [3.63, 3.8) is 0 Å². The van der Waals surface area contributed by atoms with Crippen LogP contribution in [0.2, 0.25) is 5.02 Å². The molecule has 0 atom stereocenters. The minimum atomic E-state index is -1.10. The summed E-state index contributed by atoms with van der Waals surface area (Å²) in [6.07, 6.45) is 2.01. The third-order valence-electron chi connectivity index (χ3n) is 2.78. The maximum Gasteiger partial charge on any atom is 0.342 e. The van der Waals surface area contributed by atoms with E-state index < -0.39 is 5.97 Å². The molecule has 0 radical (unpaired) electrons. The first-order valence-electron chi connectivity index (χ1n) is 7.30. The van der Waals surface area contributed by atoms with E-state index >= 15 is 0 Å². The van der Waals surface area contributed by atoms with Gasteiger partial charge >= 0.3 is 5.97 Å². The number of benzene rings is 1. The third kappa shape index (κ3) is 5.01. The Balaban J connectivity index is 2.36. The molecule has 2 aromatic rings. The molecule has 2 rings (SSSR count). The number of nitrogens with zero attached hydrogens (tertiary/aromatic N) is 2. The fourth-order valence-electron chi connectivity index (χ4n) is 1.79. The second-order valence-electron chi connectivity index (χ2n) is 5.08. The number of carboxylic acids is 1. The number of hydrogen-bond acceptors (Lipinski definition) is 6. The molecule has 0 saturated carbocycles. The lowest BCUT2D eigenvalue weighted by atomic mass is 10.2. The van der Waals surface area contributed by atoms with Crippen LogP contribution in [0.1, 0.15) is 32.2 Å². The maximum atomic E-state index is 11.6. The van der Waals surface area contributed by atoms with Crippen LogP contribution in [0.25, 0.3) is 6.08 Å². The van der Waals surface area contributed by atoms with Crippen LogP contribution >= 0.6 is 23.4 Å². The monoisotopic (exact) mass is 368 g/mol. The molecule has 0 fully saturated rings. The smallest absolute Gasteiger partial charge is 0.342 e. The molecule has 1 aromatic heterocycles. The lowest BCUT2D eigenvalue weighted by Gasteiger charge is -2.13. The largest absolute Gasteiger partial charge is 0.490 e. The van der Waals surface area contributed by atoms with Crippen LogP contribution in [-0.4, -0.2) is 27.4 Å². The number of carbonyl (C=O) groups is 1. The van der Waals surface area contributed by atoms with Gasteiger partial charge in [-0.3, -0.25) is 0 Å². The number of halogens is 1. The van der Waals surface area contributed by atoms with Crippen LogP contribution in [0.4, 0.5) is 0 Å². The molecule has 0 aliphatic heterocycles. The third-order valence-corrected chi connectivity index (χ3v) is 3.87. The van der Waals surface area contributed by atoms with E-state index in [4.69, 9.17) is 20.8 Å². The van der Waals surface area contributed by atoms with Crippen LogP contribution < -0.4 is 4.74 Å². The zero-order valence-electron chi connectivity index (χ0n) is 13.4. The predicted octanol–water partition coefficient (Wildman–Crippen LogP) is 4.29. The second kappa shape index (κ2) is 8.21. The zero-order chi connectivity index (χ0) is 17.7. The highest BCUT2D eigenvalue weighted by molar-refractivity contribution is 8.03. The summed E-state index contributed by atoms with van der Waals surface area (Å²) in [6.45, 7) is 5.65. The Labute approximate surface area is 148 Å². The number of aliphatic carboxylic acids is 1. The topological polar surface area (TPSA) is 85.5 Å². The highest BCUT2D eigenvalue weighted by Crippen LogP contribution is 2.32. The van der Waals surface area contributed by atoms with Gasteiger partial charge in [-0.15, -0.1) is 10.2 Å². The Morgan fingerprint density at radius 1 is 1.46 bits per heavy atom. The van der Waals surface area contributed by atoms with E-state index in [2.05, 4.69) is 10.2 Å². The number of carboxylic acid groups (broad SMARTS) is 1. The summed E-state index contributed by atoms with van der Waals surface area (Å²) in [5.74, 6) is -0.103. The van der Waals surface area contributed by atoms with Crippen LogP contribution in [0.15, 0.2) is 32.7 Å². The van der Waals surface area contributed by atoms with E-state index in [9.17, 15) is 9.90 Å². The van der Waals surface area contributed by atoms with E-state index in [1.165, 1.54) is 6.08 Å². The summed E-state index contributed by atoms with van der Waals surface area (Å²) in [5.41, 5.74) is 0.566. The van der Waals surface area contributed by atoms with Crippen molar-refractivity contribution < 1.29 is 19.1 Å². The van der Waals surface area contributed by atoms with Crippen molar-refractivity contribution >= 4 is 35.4 Å². The van der Waals surface area contributed by atoms with E-state index in [0.29, 0.717) is 28.6 Å². The van der Waals surface area contributed by atoms with Crippen LogP contribution in [-0.2, 0) is 11.2 Å². The van der Waals surface area contributed by atoms with Gasteiger partial charge in [0.2, 0.25) is 5.89 Å². The highest BCUT2D eigenvalue weighted by Gasteiger charge is 2.16. The van der Waals surface area contributed by atoms with Gasteiger partial charge in [-0.05, 0) is 49.9 Å². The number of aryl methyl sites for hydroxylation is 1. The summed E-state index contributed by atoms with van der Waals surface area (Å²) >= 11 is 6.90. The van der Waals surface area contributed by atoms with Gasteiger partial charge in [-0.2, -0.15) is 0 Å². The summed E-state index contributed by atoms with van der Waals surface area (Å²) < 4.78 is 11.0. The molecule has 0 saturated heterocycles. The molecule has 1 aromatic carbocycles. The summed E-state index contributed by atoms with van der Waals surface area (Å²) in [6, 6.07) is 5.05. The van der Waals surface area contributed by atoms with Crippen molar-refractivity contribution in [2.75, 3.05) is 0 Å². The van der Waals surface area contributed by atoms with Gasteiger partial charge in [0, 0.05) is 17.0 Å². The van der Waals surface area contributed by atoms with Gasteiger partial charge in [0.15, 0.2) is 0 Å². The van der Waals surface area contributed by atoms with Gasteiger partial charge in [0.05, 0.1) is 6.10 Å². The minimum absolute atomic E-state index is 0.0252. The molecule has 0 unspecified atom stereocenters. The quantitative estimate of drug-likeness (QED) is 0.576. The van der Waals surface area contributed by atoms with Crippen LogP contribution in [0, 0.1) is 0 Å². The highest BCUT2D eigenvalue weighted by atomic mass is 35.5. The van der Waals surface area contributed by atoms with E-state index in [1.807, 2.05) is 20.8 Å². The average molecular weight is 369 g/mol. The Hall–Kier alpha value is -1.99. The van der Waals surface area contributed by atoms with Crippen LogP contribution in [0.5, 0.6) is 5.75 Å². The standard InChI is InChI=1S/C16H17ClN2O4S/c1-4-14-18-19-16(23-14)24-13(15(20)21)8-10-7-11(17)5-6-12(10)22-9(2)3/h5-9H,4H2,1-3H3,(H,20,21)/b13-8-. The average Bonchev–Trinajstić information content (AvgIpc) is 2.96. The summed E-state index contributed by atoms with van der Waals surface area (Å²) in [4.78, 5) is 11.6. The van der Waals surface area contributed by atoms with Crippen molar-refractivity contribution in [2.45, 2.75) is 38.5 Å². The molecular formula is C16H17ClN2O4S. The maximum absolute atomic E-state index is 11.6. The molecule has 1 N–H and O–H groups in total. The fraction of sp³-hybridized carbons (Fsp3) is 0.312. The number of rotatable bonds is 7. The molecule has 1 heterocycles. The molecule has 0 aliphatic carbocycles. The molecule has 128 valence electrons. The van der Waals surface area contributed by atoms with Crippen molar-refractivity contribution in [3.05, 3.63) is 39.6 Å². The van der Waals surface area contributed by atoms with E-state index in [1.54, 1.807) is 18.2 Å². The summed E-state index contributed by atoms with van der Waals surface area (Å²) in [7, 11) is 0. The van der Waals surface area contributed by atoms with Gasteiger partial charge in [0.25, 0.3) is 5.22 Å².